The summed E-state index contributed by atoms with van der Waals surface area (Å²) in [7, 11) is -3.70. The van der Waals surface area contributed by atoms with Crippen LogP contribution in [0.1, 0.15) is 37.2 Å². The minimum Gasteiger partial charge on any atom is -0.460 e. The first-order valence-corrected chi connectivity index (χ1v) is 9.40. The highest BCUT2D eigenvalue weighted by Gasteiger charge is 2.32. The molecule has 130 valence electrons. The van der Waals surface area contributed by atoms with Gasteiger partial charge in [0, 0.05) is 13.1 Å². The lowest BCUT2D eigenvalue weighted by Gasteiger charge is -2.30. The van der Waals surface area contributed by atoms with Gasteiger partial charge in [-0.15, -0.1) is 0 Å². The molecule has 1 saturated heterocycles. The van der Waals surface area contributed by atoms with Crippen molar-refractivity contribution < 1.29 is 22.4 Å². The van der Waals surface area contributed by atoms with Crippen molar-refractivity contribution in [1.29, 1.82) is 0 Å². The zero-order valence-corrected chi connectivity index (χ0v) is 14.4. The fourth-order valence-electron chi connectivity index (χ4n) is 2.60. The number of furan rings is 1. The van der Waals surface area contributed by atoms with E-state index in [0.717, 1.165) is 25.9 Å². The topological polar surface area (TPSA) is 88.9 Å². The monoisotopic (exact) mass is 344 g/mol. The molecule has 7 nitrogen and oxygen atoms in total. The zero-order valence-electron chi connectivity index (χ0n) is 13.6. The summed E-state index contributed by atoms with van der Waals surface area (Å²) in [4.78, 5) is 11.6. The van der Waals surface area contributed by atoms with Crippen molar-refractivity contribution >= 4 is 16.0 Å². The highest BCUT2D eigenvalue weighted by Crippen LogP contribution is 2.25. The predicted molar refractivity (Wildman–Crippen MR) is 84.7 cm³/mol. The van der Waals surface area contributed by atoms with Gasteiger partial charge in [-0.25, -0.2) is 13.2 Å². The Morgan fingerprint density at radius 2 is 2.04 bits per heavy atom. The fraction of sp³-hybridized carbons (Fsp3) is 0.667. The number of rotatable bonds is 7. The third-order valence-electron chi connectivity index (χ3n) is 3.91. The Labute approximate surface area is 137 Å². The van der Waals surface area contributed by atoms with Crippen molar-refractivity contribution in [2.45, 2.75) is 31.8 Å². The summed E-state index contributed by atoms with van der Waals surface area (Å²) in [6.45, 7) is 6.70. The molecule has 23 heavy (non-hydrogen) atoms. The smallest absolute Gasteiger partial charge is 0.374 e. The summed E-state index contributed by atoms with van der Waals surface area (Å²) in [6.07, 6.45) is 1.63. The second-order valence-corrected chi connectivity index (χ2v) is 7.36. The zero-order chi connectivity index (χ0) is 16.9. The highest BCUT2D eigenvalue weighted by atomic mass is 32.2. The van der Waals surface area contributed by atoms with Crippen molar-refractivity contribution in [3.8, 4) is 0 Å². The third-order valence-corrected chi connectivity index (χ3v) is 5.68. The van der Waals surface area contributed by atoms with E-state index in [1.807, 2.05) is 0 Å². The minimum atomic E-state index is -3.70. The van der Waals surface area contributed by atoms with Crippen LogP contribution >= 0.6 is 0 Å². The number of ether oxygens (including phenoxy) is 1. The summed E-state index contributed by atoms with van der Waals surface area (Å²) in [6, 6.07) is 2.65. The minimum absolute atomic E-state index is 0.0903. The second-order valence-electron chi connectivity index (χ2n) is 5.49. The van der Waals surface area contributed by atoms with Gasteiger partial charge in [-0.3, -0.25) is 0 Å². The predicted octanol–water partition coefficient (Wildman–Crippen LogP) is 1.47. The van der Waals surface area contributed by atoms with Gasteiger partial charge in [-0.1, -0.05) is 6.92 Å². The molecule has 0 aromatic carbocycles. The summed E-state index contributed by atoms with van der Waals surface area (Å²) >= 11 is 0. The van der Waals surface area contributed by atoms with E-state index in [2.05, 4.69) is 12.2 Å². The lowest BCUT2D eigenvalue weighted by atomic mass is 9.98. The average Bonchev–Trinajstić information content (AvgIpc) is 3.04. The first kappa shape index (κ1) is 18.0. The molecule has 2 rings (SSSR count). The van der Waals surface area contributed by atoms with E-state index in [1.54, 1.807) is 6.92 Å². The maximum atomic E-state index is 12.6. The molecule has 1 aliphatic heterocycles. The van der Waals surface area contributed by atoms with Crippen molar-refractivity contribution in [3.63, 3.8) is 0 Å². The highest BCUT2D eigenvalue weighted by molar-refractivity contribution is 7.89. The Balaban J connectivity index is 2.01. The lowest BCUT2D eigenvalue weighted by molar-refractivity contribution is 0.0483. The quantitative estimate of drug-likeness (QED) is 0.754. The van der Waals surface area contributed by atoms with Crippen LogP contribution < -0.4 is 5.32 Å². The molecule has 1 aliphatic rings. The maximum Gasteiger partial charge on any atom is 0.374 e. The SMILES string of the molecule is CCNCC1CCN(S(=O)(=O)c2ccc(C(=O)OCC)o2)CC1. The number of nitrogens with one attached hydrogen (secondary N) is 1. The van der Waals surface area contributed by atoms with Gasteiger partial charge in [0.25, 0.3) is 10.0 Å². The van der Waals surface area contributed by atoms with E-state index < -0.39 is 16.0 Å². The molecule has 8 heteroatoms. The van der Waals surface area contributed by atoms with E-state index in [4.69, 9.17) is 9.15 Å². The maximum absolute atomic E-state index is 12.6. The summed E-state index contributed by atoms with van der Waals surface area (Å²) < 4.78 is 36.5. The lowest BCUT2D eigenvalue weighted by Crippen LogP contribution is -2.40. The molecule has 0 aliphatic carbocycles. The molecule has 2 heterocycles. The van der Waals surface area contributed by atoms with Crippen LogP contribution in [0.3, 0.4) is 0 Å². The first-order chi connectivity index (χ1) is 11.0. The Bertz CT molecular complexity index is 618. The molecular formula is C15H24N2O5S. The molecule has 0 amide bonds. The Kier molecular flexibility index (Phi) is 6.20. The molecule has 1 aromatic rings. The fourth-order valence-corrected chi connectivity index (χ4v) is 3.98. The van der Waals surface area contributed by atoms with Gasteiger partial charge in [-0.05, 0) is 50.9 Å². The third kappa shape index (κ3) is 4.33. The Morgan fingerprint density at radius 3 is 2.65 bits per heavy atom. The van der Waals surface area contributed by atoms with Crippen LogP contribution in [-0.4, -0.2) is 51.5 Å². The number of carbonyl (C=O) groups excluding carboxylic acids is 1. The largest absolute Gasteiger partial charge is 0.460 e. The first-order valence-electron chi connectivity index (χ1n) is 7.96. The van der Waals surface area contributed by atoms with Crippen LogP contribution in [0, 0.1) is 5.92 Å². The Hall–Kier alpha value is -1.38. The van der Waals surface area contributed by atoms with Gasteiger partial charge in [-0.2, -0.15) is 4.31 Å². The Morgan fingerprint density at radius 1 is 1.35 bits per heavy atom. The van der Waals surface area contributed by atoms with Gasteiger partial charge >= 0.3 is 5.97 Å². The van der Waals surface area contributed by atoms with Crippen molar-refractivity contribution in [2.75, 3.05) is 32.8 Å². The van der Waals surface area contributed by atoms with Gasteiger partial charge in [0.1, 0.15) is 0 Å². The van der Waals surface area contributed by atoms with E-state index in [-0.39, 0.29) is 17.5 Å². The number of hydrogen-bond acceptors (Lipinski definition) is 6. The normalized spacial score (nSPS) is 17.3. The van der Waals surface area contributed by atoms with Gasteiger partial charge < -0.3 is 14.5 Å². The number of nitrogens with zero attached hydrogens (tertiary/aromatic N) is 1. The molecule has 1 N–H and O–H groups in total. The molecule has 0 atom stereocenters. The van der Waals surface area contributed by atoms with Crippen LogP contribution in [0.5, 0.6) is 0 Å². The molecule has 0 spiro atoms. The van der Waals surface area contributed by atoms with Crippen LogP contribution in [0.15, 0.2) is 21.6 Å². The summed E-state index contributed by atoms with van der Waals surface area (Å²) in [5, 5.41) is 3.09. The van der Waals surface area contributed by atoms with E-state index in [9.17, 15) is 13.2 Å². The number of carbonyl (C=O) groups is 1. The van der Waals surface area contributed by atoms with Crippen LogP contribution in [0.25, 0.3) is 0 Å². The number of esters is 1. The molecule has 0 unspecified atom stereocenters. The van der Waals surface area contributed by atoms with Crippen LogP contribution in [0.4, 0.5) is 0 Å². The van der Waals surface area contributed by atoms with Gasteiger partial charge in [0.2, 0.25) is 10.9 Å². The van der Waals surface area contributed by atoms with Gasteiger partial charge in [0.05, 0.1) is 6.61 Å². The van der Waals surface area contributed by atoms with Crippen molar-refractivity contribution in [3.05, 3.63) is 17.9 Å². The second kappa shape index (κ2) is 7.94. The standard InChI is InChI=1S/C15H24N2O5S/c1-3-16-11-12-7-9-17(10-8-12)23(19,20)14-6-5-13(22-14)15(18)21-4-2/h5-6,12,16H,3-4,7-11H2,1-2H3. The number of sulfonamides is 1. The van der Waals surface area contributed by atoms with E-state index >= 15 is 0 Å². The number of piperidine rings is 1. The van der Waals surface area contributed by atoms with Crippen LogP contribution in [0.2, 0.25) is 0 Å². The molecule has 0 bridgehead atoms. The van der Waals surface area contributed by atoms with Crippen molar-refractivity contribution in [2.24, 2.45) is 5.92 Å². The molecule has 1 fully saturated rings. The van der Waals surface area contributed by atoms with E-state index in [1.165, 1.54) is 16.4 Å². The molecule has 0 radical (unpaired) electrons. The summed E-state index contributed by atoms with van der Waals surface area (Å²) in [5.74, 6) is -0.251. The van der Waals surface area contributed by atoms with Gasteiger partial charge in [0.15, 0.2) is 0 Å². The molecule has 0 saturated carbocycles. The molecular weight excluding hydrogens is 320 g/mol. The van der Waals surface area contributed by atoms with E-state index in [0.29, 0.717) is 19.0 Å². The van der Waals surface area contributed by atoms with Crippen molar-refractivity contribution in [1.82, 2.24) is 9.62 Å². The molecule has 1 aromatic heterocycles. The summed E-state index contributed by atoms with van der Waals surface area (Å²) in [5.41, 5.74) is 0. The van der Waals surface area contributed by atoms with Crippen LogP contribution in [-0.2, 0) is 14.8 Å². The number of hydrogen-bond donors (Lipinski definition) is 1. The average molecular weight is 344 g/mol.